The van der Waals surface area contributed by atoms with Crippen molar-refractivity contribution in [2.75, 3.05) is 39.8 Å². The fourth-order valence-electron chi connectivity index (χ4n) is 4.08. The number of nitrogens with one attached hydrogen (secondary N) is 1. The molecule has 0 saturated carbocycles. The maximum Gasteiger partial charge on any atom is 0.273 e. The monoisotopic (exact) mass is 479 g/mol. The van der Waals surface area contributed by atoms with Crippen LogP contribution in [0.5, 0.6) is 5.75 Å². The molecule has 1 aromatic heterocycles. The van der Waals surface area contributed by atoms with E-state index in [0.29, 0.717) is 25.4 Å². The molecular weight excluding hydrogens is 450 g/mol. The molecular formula is C25H29N5O5. The van der Waals surface area contributed by atoms with Gasteiger partial charge in [0.1, 0.15) is 12.0 Å². The summed E-state index contributed by atoms with van der Waals surface area (Å²) < 4.78 is 10.9. The molecule has 1 amide bonds. The van der Waals surface area contributed by atoms with Gasteiger partial charge in [0.2, 0.25) is 5.89 Å². The minimum Gasteiger partial charge on any atom is -0.496 e. The zero-order valence-corrected chi connectivity index (χ0v) is 19.7. The molecule has 3 aromatic rings. The number of piperazine rings is 1. The number of nitrogens with zero attached hydrogens (tertiary/aromatic N) is 4. The normalized spacial score (nSPS) is 14.5. The van der Waals surface area contributed by atoms with Gasteiger partial charge in [-0.3, -0.25) is 24.7 Å². The number of carbonyl (C=O) groups is 1. The lowest BCUT2D eigenvalue weighted by molar-refractivity contribution is -0.384. The van der Waals surface area contributed by atoms with Gasteiger partial charge in [0, 0.05) is 51.4 Å². The average molecular weight is 480 g/mol. The first-order valence-electron chi connectivity index (χ1n) is 11.5. The SMILES string of the molecule is COc1ccccc1CCNC(=O)c1coc(CN2CCN(Cc3ccc([N+](=O)[O-])cc3)CC2)n1. The summed E-state index contributed by atoms with van der Waals surface area (Å²) in [5, 5.41) is 13.7. The molecule has 2 aromatic carbocycles. The quantitative estimate of drug-likeness (QED) is 0.349. The van der Waals surface area contributed by atoms with Crippen LogP contribution in [0.15, 0.2) is 59.2 Å². The van der Waals surface area contributed by atoms with E-state index in [-0.39, 0.29) is 22.2 Å². The molecule has 0 spiro atoms. The third kappa shape index (κ3) is 6.65. The standard InChI is InChI=1S/C25H29N5O5/c1-34-23-5-3-2-4-20(23)10-11-26-25(31)22-18-35-24(27-22)17-29-14-12-28(13-15-29)16-19-6-8-21(9-7-19)30(32)33/h2-9,18H,10-17H2,1H3,(H,26,31). The summed E-state index contributed by atoms with van der Waals surface area (Å²) in [6, 6.07) is 14.4. The second-order valence-electron chi connectivity index (χ2n) is 8.42. The van der Waals surface area contributed by atoms with Gasteiger partial charge in [-0.05, 0) is 23.6 Å². The molecule has 0 aliphatic carbocycles. The van der Waals surface area contributed by atoms with Gasteiger partial charge >= 0.3 is 0 Å². The highest BCUT2D eigenvalue weighted by Gasteiger charge is 2.20. The summed E-state index contributed by atoms with van der Waals surface area (Å²) >= 11 is 0. The highest BCUT2D eigenvalue weighted by Crippen LogP contribution is 2.18. The van der Waals surface area contributed by atoms with E-state index >= 15 is 0 Å². The number of hydrogen-bond donors (Lipinski definition) is 1. The zero-order chi connectivity index (χ0) is 24.6. The highest BCUT2D eigenvalue weighted by atomic mass is 16.6. The summed E-state index contributed by atoms with van der Waals surface area (Å²) in [6.07, 6.45) is 2.06. The van der Waals surface area contributed by atoms with Crippen molar-refractivity contribution in [3.05, 3.63) is 87.6 Å². The van der Waals surface area contributed by atoms with Gasteiger partial charge in [0.05, 0.1) is 18.6 Å². The van der Waals surface area contributed by atoms with Gasteiger partial charge in [-0.1, -0.05) is 30.3 Å². The number of aromatic nitrogens is 1. The van der Waals surface area contributed by atoms with Gasteiger partial charge < -0.3 is 14.5 Å². The number of ether oxygens (including phenoxy) is 1. The largest absolute Gasteiger partial charge is 0.496 e. The maximum absolute atomic E-state index is 12.4. The summed E-state index contributed by atoms with van der Waals surface area (Å²) in [5.41, 5.74) is 2.47. The Morgan fingerprint density at radius 2 is 1.77 bits per heavy atom. The first-order valence-corrected chi connectivity index (χ1v) is 11.5. The minimum atomic E-state index is -0.386. The Bertz CT molecular complexity index is 1140. The fraction of sp³-hybridized carbons (Fsp3) is 0.360. The number of oxazole rings is 1. The highest BCUT2D eigenvalue weighted by molar-refractivity contribution is 5.91. The Morgan fingerprint density at radius 1 is 1.09 bits per heavy atom. The fourth-order valence-corrected chi connectivity index (χ4v) is 4.08. The zero-order valence-electron chi connectivity index (χ0n) is 19.7. The van der Waals surface area contributed by atoms with Gasteiger partial charge in [-0.25, -0.2) is 4.98 Å². The number of methoxy groups -OCH3 is 1. The second kappa shape index (κ2) is 11.6. The van der Waals surface area contributed by atoms with Crippen LogP contribution in [0.4, 0.5) is 5.69 Å². The molecule has 1 saturated heterocycles. The second-order valence-corrected chi connectivity index (χ2v) is 8.42. The average Bonchev–Trinajstić information content (AvgIpc) is 3.34. The van der Waals surface area contributed by atoms with Crippen molar-refractivity contribution in [1.82, 2.24) is 20.1 Å². The maximum atomic E-state index is 12.4. The number of carbonyl (C=O) groups excluding carboxylic acids is 1. The summed E-state index contributed by atoms with van der Waals surface area (Å²) in [5.74, 6) is 1.06. The first kappa shape index (κ1) is 24.4. The van der Waals surface area contributed by atoms with Crippen LogP contribution in [0.1, 0.15) is 27.5 Å². The molecule has 0 atom stereocenters. The lowest BCUT2D eigenvalue weighted by Gasteiger charge is -2.34. The molecule has 1 N–H and O–H groups in total. The molecule has 184 valence electrons. The van der Waals surface area contributed by atoms with Crippen LogP contribution in [0.2, 0.25) is 0 Å². The van der Waals surface area contributed by atoms with Crippen molar-refractivity contribution in [3.8, 4) is 5.75 Å². The van der Waals surface area contributed by atoms with Gasteiger partial charge in [-0.2, -0.15) is 0 Å². The van der Waals surface area contributed by atoms with E-state index in [0.717, 1.165) is 49.6 Å². The summed E-state index contributed by atoms with van der Waals surface area (Å²) in [7, 11) is 1.63. The number of amides is 1. The molecule has 10 heteroatoms. The lowest BCUT2D eigenvalue weighted by Crippen LogP contribution is -2.45. The number of para-hydroxylation sites is 1. The van der Waals surface area contributed by atoms with E-state index in [9.17, 15) is 14.9 Å². The molecule has 1 fully saturated rings. The number of non-ortho nitro benzene ring substituents is 1. The van der Waals surface area contributed by atoms with Gasteiger partial charge in [0.15, 0.2) is 5.69 Å². The Balaban J connectivity index is 1.20. The molecule has 1 aliphatic rings. The van der Waals surface area contributed by atoms with Crippen molar-refractivity contribution < 1.29 is 18.9 Å². The Morgan fingerprint density at radius 3 is 2.46 bits per heavy atom. The van der Waals surface area contributed by atoms with Crippen LogP contribution in [0, 0.1) is 10.1 Å². The van der Waals surface area contributed by atoms with Crippen LogP contribution in [-0.4, -0.2) is 65.4 Å². The molecule has 0 radical (unpaired) electrons. The smallest absolute Gasteiger partial charge is 0.273 e. The van der Waals surface area contributed by atoms with Gasteiger partial charge in [-0.15, -0.1) is 0 Å². The van der Waals surface area contributed by atoms with Crippen molar-refractivity contribution in [2.24, 2.45) is 0 Å². The lowest BCUT2D eigenvalue weighted by atomic mass is 10.1. The number of nitro benzene ring substituents is 1. The van der Waals surface area contributed by atoms with Crippen molar-refractivity contribution in [2.45, 2.75) is 19.5 Å². The summed E-state index contributed by atoms with van der Waals surface area (Å²) in [6.45, 7) is 5.19. The van der Waals surface area contributed by atoms with E-state index < -0.39 is 0 Å². The number of hydrogen-bond acceptors (Lipinski definition) is 8. The molecule has 1 aliphatic heterocycles. The minimum absolute atomic E-state index is 0.106. The Labute approximate surface area is 203 Å². The molecule has 4 rings (SSSR count). The molecule has 2 heterocycles. The van der Waals surface area contributed by atoms with Crippen molar-refractivity contribution in [3.63, 3.8) is 0 Å². The van der Waals surface area contributed by atoms with E-state index in [1.165, 1.54) is 6.26 Å². The Hall–Kier alpha value is -3.76. The molecule has 0 bridgehead atoms. The van der Waals surface area contributed by atoms with Crippen molar-refractivity contribution in [1.29, 1.82) is 0 Å². The summed E-state index contributed by atoms with van der Waals surface area (Å²) in [4.78, 5) is 31.8. The van der Waals surface area contributed by atoms with E-state index in [4.69, 9.17) is 9.15 Å². The number of benzene rings is 2. The van der Waals surface area contributed by atoms with Crippen LogP contribution < -0.4 is 10.1 Å². The third-order valence-corrected chi connectivity index (χ3v) is 6.03. The number of rotatable bonds is 10. The molecule has 0 unspecified atom stereocenters. The van der Waals surface area contributed by atoms with Gasteiger partial charge in [0.25, 0.3) is 11.6 Å². The van der Waals surface area contributed by atoms with E-state index in [1.54, 1.807) is 31.4 Å². The van der Waals surface area contributed by atoms with E-state index in [2.05, 4.69) is 20.1 Å². The van der Waals surface area contributed by atoms with Crippen LogP contribution >= 0.6 is 0 Å². The van der Waals surface area contributed by atoms with Crippen LogP contribution in [-0.2, 0) is 19.5 Å². The van der Waals surface area contributed by atoms with Crippen LogP contribution in [0.3, 0.4) is 0 Å². The first-order chi connectivity index (χ1) is 17.0. The van der Waals surface area contributed by atoms with Crippen LogP contribution in [0.25, 0.3) is 0 Å². The predicted octanol–water partition coefficient (Wildman–Crippen LogP) is 2.88. The topological polar surface area (TPSA) is 114 Å². The Kier molecular flexibility index (Phi) is 8.07. The number of nitro groups is 1. The molecule has 35 heavy (non-hydrogen) atoms. The third-order valence-electron chi connectivity index (χ3n) is 6.03. The molecule has 10 nitrogen and oxygen atoms in total. The van der Waals surface area contributed by atoms with Crippen molar-refractivity contribution >= 4 is 11.6 Å². The van der Waals surface area contributed by atoms with E-state index in [1.807, 2.05) is 24.3 Å². The predicted molar refractivity (Wildman–Crippen MR) is 129 cm³/mol.